The molecule has 1 aliphatic rings. The molecule has 0 spiro atoms. The minimum absolute atomic E-state index is 0.0997. The number of carbonyl (C=O) groups is 2. The Bertz CT molecular complexity index is 998. The highest BCUT2D eigenvalue weighted by atomic mass is 32.1. The number of carbonyl (C=O) groups excluding carboxylic acids is 1. The Morgan fingerprint density at radius 2 is 1.71 bits per heavy atom. The van der Waals surface area contributed by atoms with Crippen LogP contribution >= 0.6 is 11.3 Å². The summed E-state index contributed by atoms with van der Waals surface area (Å²) in [6.45, 7) is 0.435. The molecule has 1 saturated carbocycles. The van der Waals surface area contributed by atoms with E-state index in [1.54, 1.807) is 10.4 Å². The summed E-state index contributed by atoms with van der Waals surface area (Å²) in [5, 5.41) is 17.6. The standard InChI is InChI=1S/C24H25N3O3S/c28-22(29)14-17-6-8-19(9-7-17)20-10-12-21(13-11-20)23(30)27(24-26-25-16-31-24)15-18-4-2-1-3-5-18/h1-5,10-13,16-17,19H,6-9,14-15H2,(H,28,29). The molecule has 160 valence electrons. The number of benzene rings is 2. The molecule has 0 saturated heterocycles. The van der Waals surface area contributed by atoms with E-state index in [2.05, 4.69) is 10.2 Å². The van der Waals surface area contributed by atoms with Crippen LogP contribution in [-0.4, -0.2) is 27.2 Å². The molecule has 0 bridgehead atoms. The van der Waals surface area contributed by atoms with Crippen LogP contribution in [0, 0.1) is 5.92 Å². The molecule has 31 heavy (non-hydrogen) atoms. The summed E-state index contributed by atoms with van der Waals surface area (Å²) in [6.07, 6.45) is 4.15. The van der Waals surface area contributed by atoms with Crippen molar-refractivity contribution in [2.45, 2.75) is 44.6 Å². The fourth-order valence-electron chi connectivity index (χ4n) is 4.28. The van der Waals surface area contributed by atoms with Crippen molar-refractivity contribution in [3.63, 3.8) is 0 Å². The molecule has 1 heterocycles. The van der Waals surface area contributed by atoms with Crippen LogP contribution in [0.4, 0.5) is 5.13 Å². The highest BCUT2D eigenvalue weighted by Crippen LogP contribution is 2.37. The Morgan fingerprint density at radius 1 is 1.00 bits per heavy atom. The first kappa shape index (κ1) is 21.2. The highest BCUT2D eigenvalue weighted by molar-refractivity contribution is 7.13. The zero-order valence-electron chi connectivity index (χ0n) is 17.2. The second kappa shape index (κ2) is 9.83. The van der Waals surface area contributed by atoms with E-state index in [0.29, 0.717) is 23.2 Å². The van der Waals surface area contributed by atoms with Crippen molar-refractivity contribution < 1.29 is 14.7 Å². The molecule has 1 aliphatic carbocycles. The van der Waals surface area contributed by atoms with Gasteiger partial charge >= 0.3 is 5.97 Å². The maximum absolute atomic E-state index is 13.3. The Kier molecular flexibility index (Phi) is 6.72. The highest BCUT2D eigenvalue weighted by Gasteiger charge is 2.25. The zero-order valence-corrected chi connectivity index (χ0v) is 18.0. The van der Waals surface area contributed by atoms with Crippen LogP contribution in [-0.2, 0) is 11.3 Å². The van der Waals surface area contributed by atoms with E-state index < -0.39 is 5.97 Å². The van der Waals surface area contributed by atoms with Gasteiger partial charge in [-0.15, -0.1) is 10.2 Å². The van der Waals surface area contributed by atoms with Gasteiger partial charge in [0.05, 0.1) is 6.54 Å². The van der Waals surface area contributed by atoms with Gasteiger partial charge in [0.2, 0.25) is 5.13 Å². The number of amides is 1. The lowest BCUT2D eigenvalue weighted by atomic mass is 9.77. The molecular formula is C24H25N3O3S. The number of nitrogens with zero attached hydrogens (tertiary/aromatic N) is 3. The number of hydrogen-bond acceptors (Lipinski definition) is 5. The van der Waals surface area contributed by atoms with Gasteiger partial charge in [0.25, 0.3) is 5.91 Å². The van der Waals surface area contributed by atoms with E-state index in [4.69, 9.17) is 5.11 Å². The molecule has 2 aromatic carbocycles. The van der Waals surface area contributed by atoms with E-state index in [1.165, 1.54) is 16.9 Å². The minimum atomic E-state index is -0.707. The van der Waals surface area contributed by atoms with Crippen LogP contribution < -0.4 is 4.90 Å². The van der Waals surface area contributed by atoms with Crippen molar-refractivity contribution in [3.05, 3.63) is 76.8 Å². The number of hydrogen-bond donors (Lipinski definition) is 1. The van der Waals surface area contributed by atoms with Gasteiger partial charge in [0, 0.05) is 12.0 Å². The molecule has 1 amide bonds. The molecule has 0 unspecified atom stereocenters. The van der Waals surface area contributed by atoms with Crippen LogP contribution in [0.3, 0.4) is 0 Å². The number of carboxylic acids is 1. The molecule has 3 aromatic rings. The minimum Gasteiger partial charge on any atom is -0.481 e. The largest absolute Gasteiger partial charge is 0.481 e. The molecule has 1 fully saturated rings. The maximum Gasteiger partial charge on any atom is 0.303 e. The molecule has 6 nitrogen and oxygen atoms in total. The third kappa shape index (κ3) is 5.35. The van der Waals surface area contributed by atoms with Gasteiger partial charge in [-0.2, -0.15) is 0 Å². The summed E-state index contributed by atoms with van der Waals surface area (Å²) in [4.78, 5) is 25.9. The number of anilines is 1. The summed E-state index contributed by atoms with van der Waals surface area (Å²) >= 11 is 1.34. The summed E-state index contributed by atoms with van der Waals surface area (Å²) < 4.78 is 0. The monoisotopic (exact) mass is 435 g/mol. The Morgan fingerprint density at radius 3 is 2.32 bits per heavy atom. The van der Waals surface area contributed by atoms with Crippen molar-refractivity contribution in [1.29, 1.82) is 0 Å². The van der Waals surface area contributed by atoms with Crippen molar-refractivity contribution in [2.75, 3.05) is 4.90 Å². The van der Waals surface area contributed by atoms with Crippen molar-refractivity contribution >= 4 is 28.3 Å². The van der Waals surface area contributed by atoms with Crippen LogP contribution in [0.25, 0.3) is 0 Å². The average Bonchev–Trinajstić information content (AvgIpc) is 3.33. The van der Waals surface area contributed by atoms with Gasteiger partial charge < -0.3 is 5.11 Å². The predicted molar refractivity (Wildman–Crippen MR) is 120 cm³/mol. The van der Waals surface area contributed by atoms with Gasteiger partial charge in [-0.1, -0.05) is 53.8 Å². The molecule has 0 radical (unpaired) electrons. The van der Waals surface area contributed by atoms with Gasteiger partial charge in [-0.05, 0) is 60.8 Å². The third-order valence-electron chi connectivity index (χ3n) is 5.95. The van der Waals surface area contributed by atoms with Crippen molar-refractivity contribution in [3.8, 4) is 0 Å². The van der Waals surface area contributed by atoms with Gasteiger partial charge in [0.1, 0.15) is 5.51 Å². The summed E-state index contributed by atoms with van der Waals surface area (Å²) in [5.41, 5.74) is 4.50. The number of rotatable bonds is 7. The fourth-order valence-corrected chi connectivity index (χ4v) is 4.84. The third-order valence-corrected chi connectivity index (χ3v) is 6.66. The lowest BCUT2D eigenvalue weighted by Crippen LogP contribution is -2.30. The van der Waals surface area contributed by atoms with Crippen molar-refractivity contribution in [1.82, 2.24) is 10.2 Å². The van der Waals surface area contributed by atoms with Gasteiger partial charge in [-0.25, -0.2) is 0 Å². The molecule has 4 rings (SSSR count). The van der Waals surface area contributed by atoms with Crippen LogP contribution in [0.5, 0.6) is 0 Å². The second-order valence-corrected chi connectivity index (χ2v) is 8.85. The maximum atomic E-state index is 13.3. The van der Waals surface area contributed by atoms with E-state index in [0.717, 1.165) is 31.2 Å². The first-order valence-electron chi connectivity index (χ1n) is 10.5. The van der Waals surface area contributed by atoms with E-state index >= 15 is 0 Å². The average molecular weight is 436 g/mol. The second-order valence-electron chi connectivity index (χ2n) is 8.04. The van der Waals surface area contributed by atoms with E-state index in [1.807, 2.05) is 54.6 Å². The Labute approximate surface area is 185 Å². The smallest absolute Gasteiger partial charge is 0.303 e. The van der Waals surface area contributed by atoms with Crippen LogP contribution in [0.15, 0.2) is 60.1 Å². The Hall–Kier alpha value is -3.06. The molecule has 1 aromatic heterocycles. The normalized spacial score (nSPS) is 18.5. The molecule has 0 atom stereocenters. The van der Waals surface area contributed by atoms with Gasteiger partial charge in [-0.3, -0.25) is 14.5 Å². The van der Waals surface area contributed by atoms with Crippen molar-refractivity contribution in [2.24, 2.45) is 5.92 Å². The SMILES string of the molecule is O=C(O)CC1CCC(c2ccc(C(=O)N(Cc3ccccc3)c3nncs3)cc2)CC1. The molecule has 0 aliphatic heterocycles. The first-order chi connectivity index (χ1) is 15.1. The zero-order chi connectivity index (χ0) is 21.6. The molecule has 1 N–H and O–H groups in total. The number of aliphatic carboxylic acids is 1. The Balaban J connectivity index is 1.46. The fraction of sp³-hybridized carbons (Fsp3) is 0.333. The summed E-state index contributed by atoms with van der Waals surface area (Å²) in [7, 11) is 0. The lowest BCUT2D eigenvalue weighted by Gasteiger charge is -2.28. The van der Waals surface area contributed by atoms with E-state index in [-0.39, 0.29) is 18.2 Å². The molecular weight excluding hydrogens is 410 g/mol. The van der Waals surface area contributed by atoms with Crippen LogP contribution in [0.1, 0.15) is 59.5 Å². The first-order valence-corrected chi connectivity index (χ1v) is 11.4. The number of aromatic nitrogens is 2. The number of carboxylic acid groups (broad SMARTS) is 1. The predicted octanol–water partition coefficient (Wildman–Crippen LogP) is 5.13. The summed E-state index contributed by atoms with van der Waals surface area (Å²) in [6, 6.07) is 17.7. The van der Waals surface area contributed by atoms with Crippen LogP contribution in [0.2, 0.25) is 0 Å². The lowest BCUT2D eigenvalue weighted by molar-refractivity contribution is -0.138. The van der Waals surface area contributed by atoms with Gasteiger partial charge in [0.15, 0.2) is 0 Å². The van der Waals surface area contributed by atoms with E-state index in [9.17, 15) is 9.59 Å². The topological polar surface area (TPSA) is 83.4 Å². The quantitative estimate of drug-likeness (QED) is 0.556. The summed E-state index contributed by atoms with van der Waals surface area (Å²) in [5.74, 6) is -0.0926. The molecule has 7 heteroatoms.